The molecule has 0 saturated heterocycles. The summed E-state index contributed by atoms with van der Waals surface area (Å²) >= 11 is 0. The van der Waals surface area contributed by atoms with Crippen LogP contribution in [0.1, 0.15) is 24.8 Å². The highest BCUT2D eigenvalue weighted by molar-refractivity contribution is 5.09. The van der Waals surface area contributed by atoms with Crippen molar-refractivity contribution in [3.8, 4) is 0 Å². The van der Waals surface area contributed by atoms with Crippen molar-refractivity contribution < 1.29 is 4.74 Å². The van der Waals surface area contributed by atoms with E-state index < -0.39 is 0 Å². The molecule has 0 saturated carbocycles. The van der Waals surface area contributed by atoms with Crippen LogP contribution in [-0.4, -0.2) is 13.7 Å². The van der Waals surface area contributed by atoms with Gasteiger partial charge in [0.25, 0.3) is 0 Å². The molecule has 1 aromatic rings. The molecule has 0 aliphatic heterocycles. The van der Waals surface area contributed by atoms with Crippen molar-refractivity contribution in [3.63, 3.8) is 0 Å². The van der Waals surface area contributed by atoms with Crippen molar-refractivity contribution in [3.05, 3.63) is 35.9 Å². The minimum atomic E-state index is 0.884. The summed E-state index contributed by atoms with van der Waals surface area (Å²) < 4.78 is 4.98. The zero-order chi connectivity index (χ0) is 9.36. The van der Waals surface area contributed by atoms with Crippen LogP contribution >= 0.6 is 0 Å². The summed E-state index contributed by atoms with van der Waals surface area (Å²) in [6, 6.07) is 11.9. The number of aryl methyl sites for hydroxylation is 1. The molecule has 0 aliphatic carbocycles. The van der Waals surface area contributed by atoms with Gasteiger partial charge in [-0.1, -0.05) is 24.6 Å². The van der Waals surface area contributed by atoms with Crippen LogP contribution in [-0.2, 0) is 11.2 Å². The van der Waals surface area contributed by atoms with Crippen molar-refractivity contribution in [2.75, 3.05) is 13.7 Å². The molecule has 0 fully saturated rings. The standard InChI is InChI=1S/C12H16O/c1-13-11-7-3-6-10-12-8-4-2-5-9-12/h4,8-9H,3,6-7,10-11H2,1H3. The van der Waals surface area contributed by atoms with E-state index in [1.165, 1.54) is 24.8 Å². The lowest BCUT2D eigenvalue weighted by Gasteiger charge is -1.99. The average molecular weight is 176 g/mol. The van der Waals surface area contributed by atoms with Crippen molar-refractivity contribution in [1.29, 1.82) is 0 Å². The Balaban J connectivity index is 2.07. The van der Waals surface area contributed by atoms with Crippen molar-refractivity contribution in [2.45, 2.75) is 25.7 Å². The van der Waals surface area contributed by atoms with Crippen LogP contribution in [0.4, 0.5) is 0 Å². The molecule has 0 spiro atoms. The van der Waals surface area contributed by atoms with Gasteiger partial charge in [0.1, 0.15) is 0 Å². The molecule has 0 bridgehead atoms. The number of ether oxygens (including phenoxy) is 1. The van der Waals surface area contributed by atoms with Crippen LogP contribution in [0.5, 0.6) is 0 Å². The highest BCUT2D eigenvalue weighted by atomic mass is 16.5. The Bertz CT molecular complexity index is 206. The molecule has 0 aromatic heterocycles. The lowest BCUT2D eigenvalue weighted by molar-refractivity contribution is 0.192. The van der Waals surface area contributed by atoms with E-state index >= 15 is 0 Å². The summed E-state index contributed by atoms with van der Waals surface area (Å²) in [5.74, 6) is 0. The maximum atomic E-state index is 4.98. The second-order valence-electron chi connectivity index (χ2n) is 3.14. The molecule has 1 aromatic carbocycles. The summed E-state index contributed by atoms with van der Waals surface area (Å²) in [6.45, 7) is 0.884. The maximum absolute atomic E-state index is 4.98. The molecule has 0 aliphatic rings. The minimum absolute atomic E-state index is 0.884. The van der Waals surface area contributed by atoms with E-state index in [4.69, 9.17) is 4.74 Å². The molecule has 0 radical (unpaired) electrons. The van der Waals surface area contributed by atoms with Gasteiger partial charge in [0.05, 0.1) is 0 Å². The fraction of sp³-hybridized carbons (Fsp3) is 0.500. The second kappa shape index (κ2) is 6.51. The van der Waals surface area contributed by atoms with Gasteiger partial charge in [-0.3, -0.25) is 0 Å². The maximum Gasteiger partial charge on any atom is 0.0462 e. The molecular formula is C12H16O. The number of unbranched alkanes of at least 4 members (excludes halogenated alkanes) is 2. The van der Waals surface area contributed by atoms with Crippen LogP contribution < -0.4 is 0 Å². The van der Waals surface area contributed by atoms with E-state index in [-0.39, 0.29) is 0 Å². The van der Waals surface area contributed by atoms with E-state index in [9.17, 15) is 0 Å². The summed E-state index contributed by atoms with van der Waals surface area (Å²) in [5, 5.41) is 0. The van der Waals surface area contributed by atoms with Gasteiger partial charge in [0.15, 0.2) is 0 Å². The summed E-state index contributed by atoms with van der Waals surface area (Å²) in [4.78, 5) is 0. The Morgan fingerprint density at radius 2 is 2.15 bits per heavy atom. The molecule has 0 N–H and O–H groups in total. The van der Waals surface area contributed by atoms with Gasteiger partial charge in [-0.15, -0.1) is 0 Å². The first-order valence-corrected chi connectivity index (χ1v) is 4.79. The average Bonchev–Trinajstić information content (AvgIpc) is 2.19. The van der Waals surface area contributed by atoms with Gasteiger partial charge in [0.2, 0.25) is 0 Å². The largest absolute Gasteiger partial charge is 0.385 e. The van der Waals surface area contributed by atoms with E-state index in [2.05, 4.69) is 18.2 Å². The Morgan fingerprint density at radius 1 is 1.23 bits per heavy atom. The zero-order valence-electron chi connectivity index (χ0n) is 8.18. The minimum Gasteiger partial charge on any atom is -0.385 e. The molecule has 1 heteroatoms. The van der Waals surface area contributed by atoms with Crippen molar-refractivity contribution in [2.24, 2.45) is 0 Å². The topological polar surface area (TPSA) is 9.23 Å². The molecule has 0 unspecified atom stereocenters. The molecular weight excluding hydrogens is 160 g/mol. The lowest BCUT2D eigenvalue weighted by atomic mass is 10.1. The van der Waals surface area contributed by atoms with Gasteiger partial charge < -0.3 is 4.74 Å². The molecule has 70 valence electrons. The smallest absolute Gasteiger partial charge is 0.0462 e. The normalized spacial score (nSPS) is 9.62. The zero-order valence-corrected chi connectivity index (χ0v) is 8.18. The van der Waals surface area contributed by atoms with Crippen molar-refractivity contribution in [1.82, 2.24) is 0 Å². The molecule has 1 rings (SSSR count). The van der Waals surface area contributed by atoms with Crippen molar-refractivity contribution >= 4 is 0 Å². The van der Waals surface area contributed by atoms with Gasteiger partial charge in [-0.25, -0.2) is 0 Å². The first kappa shape index (κ1) is 10.1. The van der Waals surface area contributed by atoms with Gasteiger partial charge in [-0.2, -0.15) is 0 Å². The number of hydrogen-bond donors (Lipinski definition) is 0. The SMILES string of the molecule is COCCCCCc1cc#ccc1. The molecule has 0 heterocycles. The fourth-order valence-corrected chi connectivity index (χ4v) is 1.29. The third-order valence-electron chi connectivity index (χ3n) is 2.04. The predicted octanol–water partition coefficient (Wildman–Crippen LogP) is 2.65. The number of hydrogen-bond acceptors (Lipinski definition) is 1. The third kappa shape index (κ3) is 4.55. The molecule has 1 nitrogen and oxygen atoms in total. The van der Waals surface area contributed by atoms with Crippen LogP contribution in [0.3, 0.4) is 0 Å². The molecule has 13 heavy (non-hydrogen) atoms. The fourth-order valence-electron chi connectivity index (χ4n) is 1.29. The lowest BCUT2D eigenvalue weighted by Crippen LogP contribution is -1.90. The van der Waals surface area contributed by atoms with Crippen LogP contribution in [0.15, 0.2) is 18.2 Å². The number of rotatable bonds is 6. The summed E-state index contributed by atoms with van der Waals surface area (Å²) in [5.41, 5.74) is 1.36. The second-order valence-corrected chi connectivity index (χ2v) is 3.14. The Morgan fingerprint density at radius 3 is 2.85 bits per heavy atom. The van der Waals surface area contributed by atoms with Gasteiger partial charge >= 0.3 is 0 Å². The van der Waals surface area contributed by atoms with E-state index in [0.717, 1.165) is 13.0 Å². The van der Waals surface area contributed by atoms with E-state index in [1.807, 2.05) is 12.1 Å². The Kier molecular flexibility index (Phi) is 5.05. The summed E-state index contributed by atoms with van der Waals surface area (Å²) in [6.07, 6.45) is 4.79. The van der Waals surface area contributed by atoms with Crippen LogP contribution in [0, 0.1) is 12.1 Å². The van der Waals surface area contributed by atoms with E-state index in [1.54, 1.807) is 7.11 Å². The molecule has 0 amide bonds. The van der Waals surface area contributed by atoms with Gasteiger partial charge in [0, 0.05) is 13.7 Å². The van der Waals surface area contributed by atoms with Crippen LogP contribution in [0.25, 0.3) is 0 Å². The van der Waals surface area contributed by atoms with Gasteiger partial charge in [-0.05, 0) is 37.0 Å². The Hall–Kier alpha value is -1.00. The quantitative estimate of drug-likeness (QED) is 0.605. The predicted molar refractivity (Wildman–Crippen MR) is 53.5 cm³/mol. The first-order chi connectivity index (χ1) is 6.43. The third-order valence-corrected chi connectivity index (χ3v) is 2.04. The highest BCUT2D eigenvalue weighted by Gasteiger charge is 1.91. The summed E-state index contributed by atoms with van der Waals surface area (Å²) in [7, 11) is 1.75. The Labute approximate surface area is 80.7 Å². The first-order valence-electron chi connectivity index (χ1n) is 4.79. The van der Waals surface area contributed by atoms with Crippen LogP contribution in [0.2, 0.25) is 0 Å². The number of methoxy groups -OCH3 is 1. The monoisotopic (exact) mass is 176 g/mol. The molecule has 0 atom stereocenters. The van der Waals surface area contributed by atoms with E-state index in [0.29, 0.717) is 0 Å². The highest BCUT2D eigenvalue weighted by Crippen LogP contribution is 2.04.